The van der Waals surface area contributed by atoms with Crippen molar-refractivity contribution in [2.75, 3.05) is 13.2 Å². The monoisotopic (exact) mass is 438 g/mol. The van der Waals surface area contributed by atoms with E-state index in [1.807, 2.05) is 45.9 Å². The van der Waals surface area contributed by atoms with Crippen LogP contribution in [0.5, 0.6) is 11.5 Å². The standard InChI is InChI=1S/C24H30N4O4/c1-5-31-20-12-11-17(15-21(20)32-6-2)23(16(3)4)25-22(29)13-14-28-24(30)18-9-7-8-10-19(18)26-27-28/h7-12,15-16,23H,5-6,13-14H2,1-4H3,(H,25,29). The van der Waals surface area contributed by atoms with Crippen LogP contribution in [0.2, 0.25) is 0 Å². The molecule has 1 atom stereocenters. The number of nitrogens with one attached hydrogen (secondary N) is 1. The van der Waals surface area contributed by atoms with Gasteiger partial charge in [-0.1, -0.05) is 37.3 Å². The largest absolute Gasteiger partial charge is 0.490 e. The van der Waals surface area contributed by atoms with Crippen molar-refractivity contribution in [2.24, 2.45) is 5.92 Å². The number of ether oxygens (including phenoxy) is 2. The maximum absolute atomic E-state index is 12.7. The minimum atomic E-state index is -0.253. The molecule has 0 aliphatic heterocycles. The Labute approximate surface area is 187 Å². The third-order valence-corrected chi connectivity index (χ3v) is 5.09. The molecule has 0 saturated carbocycles. The summed E-state index contributed by atoms with van der Waals surface area (Å²) in [7, 11) is 0. The van der Waals surface area contributed by atoms with Crippen LogP contribution in [0.15, 0.2) is 47.3 Å². The Kier molecular flexibility index (Phi) is 7.81. The van der Waals surface area contributed by atoms with Gasteiger partial charge >= 0.3 is 0 Å². The fourth-order valence-corrected chi connectivity index (χ4v) is 3.52. The molecule has 0 spiro atoms. The maximum Gasteiger partial charge on any atom is 0.277 e. The zero-order valence-electron chi connectivity index (χ0n) is 19.0. The molecule has 3 rings (SSSR count). The van der Waals surface area contributed by atoms with Gasteiger partial charge < -0.3 is 14.8 Å². The summed E-state index contributed by atoms with van der Waals surface area (Å²) in [6, 6.07) is 12.5. The van der Waals surface area contributed by atoms with Crippen LogP contribution in [-0.2, 0) is 11.3 Å². The van der Waals surface area contributed by atoms with Crippen molar-refractivity contribution >= 4 is 16.8 Å². The molecule has 170 valence electrons. The highest BCUT2D eigenvalue weighted by Gasteiger charge is 2.20. The molecule has 8 heteroatoms. The number of hydrogen-bond donors (Lipinski definition) is 1. The number of benzene rings is 2. The Morgan fingerprint density at radius 1 is 1.06 bits per heavy atom. The van der Waals surface area contributed by atoms with E-state index in [0.717, 1.165) is 5.56 Å². The van der Waals surface area contributed by atoms with Gasteiger partial charge in [-0.05, 0) is 49.6 Å². The third kappa shape index (κ3) is 5.43. The predicted octanol–water partition coefficient (Wildman–Crippen LogP) is 3.49. The van der Waals surface area contributed by atoms with Crippen LogP contribution in [0.25, 0.3) is 10.9 Å². The van der Waals surface area contributed by atoms with Crippen LogP contribution < -0.4 is 20.3 Å². The summed E-state index contributed by atoms with van der Waals surface area (Å²) in [6.07, 6.45) is 0.117. The molecule has 1 unspecified atom stereocenters. The van der Waals surface area contributed by atoms with Crippen molar-refractivity contribution < 1.29 is 14.3 Å². The normalized spacial score (nSPS) is 12.0. The van der Waals surface area contributed by atoms with Crippen LogP contribution in [0.4, 0.5) is 0 Å². The zero-order chi connectivity index (χ0) is 23.1. The van der Waals surface area contributed by atoms with Crippen molar-refractivity contribution in [1.29, 1.82) is 0 Å². The fraction of sp³-hybridized carbons (Fsp3) is 0.417. The summed E-state index contributed by atoms with van der Waals surface area (Å²) >= 11 is 0. The molecule has 32 heavy (non-hydrogen) atoms. The van der Waals surface area contributed by atoms with Gasteiger partial charge in [0.15, 0.2) is 11.5 Å². The smallest absolute Gasteiger partial charge is 0.277 e. The van der Waals surface area contributed by atoms with Gasteiger partial charge in [-0.15, -0.1) is 5.10 Å². The second-order valence-electron chi connectivity index (χ2n) is 7.75. The number of carbonyl (C=O) groups is 1. The van der Waals surface area contributed by atoms with Gasteiger partial charge in [0.05, 0.1) is 31.2 Å². The summed E-state index contributed by atoms with van der Waals surface area (Å²) in [6.45, 7) is 9.14. The van der Waals surface area contributed by atoms with Crippen molar-refractivity contribution in [3.8, 4) is 11.5 Å². The average molecular weight is 439 g/mol. The minimum Gasteiger partial charge on any atom is -0.490 e. The first kappa shape index (κ1) is 23.2. The molecular formula is C24H30N4O4. The van der Waals surface area contributed by atoms with E-state index in [9.17, 15) is 9.59 Å². The van der Waals surface area contributed by atoms with E-state index in [1.54, 1.807) is 24.3 Å². The second kappa shape index (κ2) is 10.7. The lowest BCUT2D eigenvalue weighted by molar-refractivity contribution is -0.122. The van der Waals surface area contributed by atoms with Gasteiger partial charge in [-0.25, -0.2) is 4.68 Å². The Balaban J connectivity index is 1.72. The lowest BCUT2D eigenvalue weighted by Crippen LogP contribution is -2.33. The number of rotatable bonds is 10. The average Bonchev–Trinajstić information content (AvgIpc) is 2.78. The molecule has 3 aromatic rings. The third-order valence-electron chi connectivity index (χ3n) is 5.09. The van der Waals surface area contributed by atoms with E-state index in [0.29, 0.717) is 35.6 Å². The van der Waals surface area contributed by atoms with Gasteiger partial charge in [-0.3, -0.25) is 9.59 Å². The summed E-state index contributed by atoms with van der Waals surface area (Å²) in [4.78, 5) is 25.3. The number of fused-ring (bicyclic) bond motifs is 1. The molecule has 1 aromatic heterocycles. The number of hydrogen-bond acceptors (Lipinski definition) is 6. The first-order valence-electron chi connectivity index (χ1n) is 11.0. The predicted molar refractivity (Wildman–Crippen MR) is 123 cm³/mol. The lowest BCUT2D eigenvalue weighted by Gasteiger charge is -2.24. The highest BCUT2D eigenvalue weighted by atomic mass is 16.5. The SMILES string of the molecule is CCOc1ccc(C(NC(=O)CCn2nnc3ccccc3c2=O)C(C)C)cc1OCC. The molecule has 0 fully saturated rings. The quantitative estimate of drug-likeness (QED) is 0.521. The summed E-state index contributed by atoms with van der Waals surface area (Å²) < 4.78 is 12.6. The molecule has 1 heterocycles. The van der Waals surface area contributed by atoms with Crippen molar-refractivity contribution in [2.45, 2.75) is 46.7 Å². The Morgan fingerprint density at radius 3 is 2.50 bits per heavy atom. The fourth-order valence-electron chi connectivity index (χ4n) is 3.52. The Bertz CT molecular complexity index is 1130. The van der Waals surface area contributed by atoms with E-state index in [2.05, 4.69) is 15.6 Å². The lowest BCUT2D eigenvalue weighted by atomic mass is 9.95. The number of carbonyl (C=O) groups excluding carboxylic acids is 1. The molecule has 0 aliphatic rings. The van der Waals surface area contributed by atoms with Crippen molar-refractivity contribution in [1.82, 2.24) is 20.3 Å². The van der Waals surface area contributed by atoms with Gasteiger partial charge in [-0.2, -0.15) is 0 Å². The van der Waals surface area contributed by atoms with Crippen LogP contribution in [0.1, 0.15) is 45.7 Å². The highest BCUT2D eigenvalue weighted by molar-refractivity contribution is 5.77. The van der Waals surface area contributed by atoms with E-state index in [4.69, 9.17) is 9.47 Å². The molecule has 1 N–H and O–H groups in total. The van der Waals surface area contributed by atoms with E-state index < -0.39 is 0 Å². The summed E-state index contributed by atoms with van der Waals surface area (Å²) in [5.41, 5.74) is 1.22. The molecule has 0 bridgehead atoms. The number of aromatic nitrogens is 3. The van der Waals surface area contributed by atoms with Crippen LogP contribution in [-0.4, -0.2) is 34.1 Å². The van der Waals surface area contributed by atoms with E-state index in [-0.39, 0.29) is 36.4 Å². The van der Waals surface area contributed by atoms with Crippen LogP contribution in [0.3, 0.4) is 0 Å². The van der Waals surface area contributed by atoms with Gasteiger partial charge in [0.1, 0.15) is 5.52 Å². The van der Waals surface area contributed by atoms with Gasteiger partial charge in [0.2, 0.25) is 5.91 Å². The molecule has 0 radical (unpaired) electrons. The van der Waals surface area contributed by atoms with E-state index in [1.165, 1.54) is 4.68 Å². The second-order valence-corrected chi connectivity index (χ2v) is 7.75. The van der Waals surface area contributed by atoms with Crippen molar-refractivity contribution in [3.63, 3.8) is 0 Å². The molecule has 8 nitrogen and oxygen atoms in total. The first-order chi connectivity index (χ1) is 15.4. The molecule has 0 saturated heterocycles. The number of amides is 1. The topological polar surface area (TPSA) is 95.3 Å². The molecule has 2 aromatic carbocycles. The highest BCUT2D eigenvalue weighted by Crippen LogP contribution is 2.33. The summed E-state index contributed by atoms with van der Waals surface area (Å²) in [5, 5.41) is 11.6. The zero-order valence-corrected chi connectivity index (χ0v) is 19.0. The molecular weight excluding hydrogens is 408 g/mol. The minimum absolute atomic E-state index is 0.117. The van der Waals surface area contributed by atoms with Crippen LogP contribution in [0, 0.1) is 5.92 Å². The summed E-state index contributed by atoms with van der Waals surface area (Å²) in [5.74, 6) is 1.32. The van der Waals surface area contributed by atoms with Gasteiger partial charge in [0, 0.05) is 6.42 Å². The van der Waals surface area contributed by atoms with Crippen molar-refractivity contribution in [3.05, 3.63) is 58.4 Å². The molecule has 1 amide bonds. The molecule has 0 aliphatic carbocycles. The van der Waals surface area contributed by atoms with Crippen LogP contribution >= 0.6 is 0 Å². The Morgan fingerprint density at radius 2 is 1.78 bits per heavy atom. The maximum atomic E-state index is 12.7. The number of aryl methyl sites for hydroxylation is 1. The van der Waals surface area contributed by atoms with Gasteiger partial charge in [0.25, 0.3) is 5.56 Å². The Hall–Kier alpha value is -3.42. The first-order valence-corrected chi connectivity index (χ1v) is 11.0. The van der Waals surface area contributed by atoms with E-state index >= 15 is 0 Å². The number of nitrogens with zero attached hydrogens (tertiary/aromatic N) is 3.